The summed E-state index contributed by atoms with van der Waals surface area (Å²) in [5.74, 6) is 0.131. The topological polar surface area (TPSA) is 69.8 Å². The van der Waals surface area contributed by atoms with Gasteiger partial charge in [0.15, 0.2) is 0 Å². The number of hydrogen-bond acceptors (Lipinski definition) is 3. The predicted molar refractivity (Wildman–Crippen MR) is 51.6 cm³/mol. The standard InChI is InChI=1S/C9H14N4O/c1-6-7(4-12-13-6)3-10-8-2-9(14)11-5-8/h4,8,10H,2-3,5H2,1H3,(H,11,14)(H,12,13). The average molecular weight is 194 g/mol. The molecule has 14 heavy (non-hydrogen) atoms. The maximum absolute atomic E-state index is 10.9. The summed E-state index contributed by atoms with van der Waals surface area (Å²) in [6.45, 7) is 3.49. The summed E-state index contributed by atoms with van der Waals surface area (Å²) in [6, 6.07) is 0.261. The van der Waals surface area contributed by atoms with Crippen molar-refractivity contribution in [1.82, 2.24) is 20.8 Å². The van der Waals surface area contributed by atoms with Gasteiger partial charge in [0.2, 0.25) is 5.91 Å². The van der Waals surface area contributed by atoms with Crippen LogP contribution in [0.15, 0.2) is 6.20 Å². The Morgan fingerprint density at radius 3 is 3.14 bits per heavy atom. The van der Waals surface area contributed by atoms with E-state index in [2.05, 4.69) is 20.8 Å². The van der Waals surface area contributed by atoms with E-state index in [-0.39, 0.29) is 11.9 Å². The van der Waals surface area contributed by atoms with Gasteiger partial charge in [0, 0.05) is 36.8 Å². The number of carbonyl (C=O) groups excluding carboxylic acids is 1. The number of hydrogen-bond donors (Lipinski definition) is 3. The molecule has 2 rings (SSSR count). The summed E-state index contributed by atoms with van der Waals surface area (Å²) in [6.07, 6.45) is 2.39. The number of H-pyrrole nitrogens is 1. The molecule has 0 radical (unpaired) electrons. The van der Waals surface area contributed by atoms with Crippen molar-refractivity contribution in [3.63, 3.8) is 0 Å². The molecule has 1 aliphatic heterocycles. The Bertz CT molecular complexity index is 333. The maximum Gasteiger partial charge on any atom is 0.221 e. The molecule has 5 nitrogen and oxygen atoms in total. The van der Waals surface area contributed by atoms with E-state index in [0.29, 0.717) is 6.42 Å². The number of carbonyl (C=O) groups is 1. The molecule has 1 fully saturated rings. The van der Waals surface area contributed by atoms with Gasteiger partial charge in [0.1, 0.15) is 0 Å². The fourth-order valence-electron chi connectivity index (χ4n) is 1.56. The van der Waals surface area contributed by atoms with Gasteiger partial charge in [-0.1, -0.05) is 0 Å². The molecule has 5 heteroatoms. The lowest BCUT2D eigenvalue weighted by Gasteiger charge is -2.08. The van der Waals surface area contributed by atoms with Crippen LogP contribution in [-0.4, -0.2) is 28.7 Å². The van der Waals surface area contributed by atoms with Crippen LogP contribution in [0.25, 0.3) is 0 Å². The summed E-state index contributed by atoms with van der Waals surface area (Å²) < 4.78 is 0. The molecule has 1 aliphatic rings. The number of aryl methyl sites for hydroxylation is 1. The Kier molecular flexibility index (Phi) is 2.49. The Labute approximate surface area is 82.3 Å². The van der Waals surface area contributed by atoms with Crippen molar-refractivity contribution >= 4 is 5.91 Å². The lowest BCUT2D eigenvalue weighted by molar-refractivity contribution is -0.119. The molecule has 3 N–H and O–H groups in total. The molecule has 0 aliphatic carbocycles. The van der Waals surface area contributed by atoms with E-state index in [0.717, 1.165) is 24.3 Å². The van der Waals surface area contributed by atoms with Gasteiger partial charge in [-0.05, 0) is 6.92 Å². The van der Waals surface area contributed by atoms with E-state index in [4.69, 9.17) is 0 Å². The second-order valence-electron chi connectivity index (χ2n) is 3.61. The summed E-state index contributed by atoms with van der Waals surface area (Å²) >= 11 is 0. The van der Waals surface area contributed by atoms with Gasteiger partial charge in [-0.15, -0.1) is 0 Å². The fraction of sp³-hybridized carbons (Fsp3) is 0.556. The van der Waals surface area contributed by atoms with Gasteiger partial charge in [-0.25, -0.2) is 0 Å². The minimum atomic E-state index is 0.131. The monoisotopic (exact) mass is 194 g/mol. The van der Waals surface area contributed by atoms with Crippen molar-refractivity contribution < 1.29 is 4.79 Å². The van der Waals surface area contributed by atoms with Crippen molar-refractivity contribution in [2.45, 2.75) is 25.9 Å². The molecule has 0 aromatic carbocycles. The molecule has 1 aromatic rings. The number of nitrogens with one attached hydrogen (secondary N) is 3. The molecule has 2 heterocycles. The molecular formula is C9H14N4O. The molecule has 0 bridgehead atoms. The molecule has 1 atom stereocenters. The quantitative estimate of drug-likeness (QED) is 0.618. The summed E-state index contributed by atoms with van der Waals surface area (Å²) in [7, 11) is 0. The fourth-order valence-corrected chi connectivity index (χ4v) is 1.56. The van der Waals surface area contributed by atoms with Crippen molar-refractivity contribution in [2.24, 2.45) is 0 Å². The largest absolute Gasteiger partial charge is 0.354 e. The number of rotatable bonds is 3. The van der Waals surface area contributed by atoms with E-state index in [1.165, 1.54) is 0 Å². The highest BCUT2D eigenvalue weighted by Gasteiger charge is 2.20. The molecule has 1 aromatic heterocycles. The van der Waals surface area contributed by atoms with E-state index < -0.39 is 0 Å². The van der Waals surface area contributed by atoms with Gasteiger partial charge in [-0.3, -0.25) is 9.89 Å². The van der Waals surface area contributed by atoms with Crippen molar-refractivity contribution in [3.8, 4) is 0 Å². The first-order chi connectivity index (χ1) is 6.75. The van der Waals surface area contributed by atoms with Gasteiger partial charge in [0.05, 0.1) is 6.20 Å². The van der Waals surface area contributed by atoms with Gasteiger partial charge in [-0.2, -0.15) is 5.10 Å². The molecule has 1 saturated heterocycles. The van der Waals surface area contributed by atoms with Crippen molar-refractivity contribution in [2.75, 3.05) is 6.54 Å². The minimum absolute atomic E-state index is 0.131. The molecular weight excluding hydrogens is 180 g/mol. The summed E-state index contributed by atoms with van der Waals surface area (Å²) in [4.78, 5) is 10.9. The molecule has 0 saturated carbocycles. The molecule has 76 valence electrons. The number of aromatic nitrogens is 2. The molecule has 1 amide bonds. The van der Waals surface area contributed by atoms with Crippen molar-refractivity contribution in [1.29, 1.82) is 0 Å². The van der Waals surface area contributed by atoms with Crippen LogP contribution >= 0.6 is 0 Å². The van der Waals surface area contributed by atoms with E-state index >= 15 is 0 Å². The third-order valence-corrected chi connectivity index (χ3v) is 2.49. The van der Waals surface area contributed by atoms with Crippen LogP contribution in [0.3, 0.4) is 0 Å². The Morgan fingerprint density at radius 2 is 2.57 bits per heavy atom. The lowest BCUT2D eigenvalue weighted by atomic mass is 10.2. The molecule has 1 unspecified atom stereocenters. The maximum atomic E-state index is 10.9. The Hall–Kier alpha value is -1.36. The van der Waals surface area contributed by atoms with Gasteiger partial charge < -0.3 is 10.6 Å². The zero-order valence-corrected chi connectivity index (χ0v) is 8.13. The highest BCUT2D eigenvalue weighted by molar-refractivity contribution is 5.78. The number of nitrogens with zero attached hydrogens (tertiary/aromatic N) is 1. The van der Waals surface area contributed by atoms with E-state index in [9.17, 15) is 4.79 Å². The van der Waals surface area contributed by atoms with Crippen LogP contribution in [0.5, 0.6) is 0 Å². The number of aromatic amines is 1. The van der Waals surface area contributed by atoms with Crippen LogP contribution < -0.4 is 10.6 Å². The second kappa shape index (κ2) is 3.79. The highest BCUT2D eigenvalue weighted by atomic mass is 16.1. The lowest BCUT2D eigenvalue weighted by Crippen LogP contribution is -2.30. The first-order valence-electron chi connectivity index (χ1n) is 4.74. The van der Waals surface area contributed by atoms with Crippen LogP contribution in [0.4, 0.5) is 0 Å². The van der Waals surface area contributed by atoms with Crippen LogP contribution in [0.2, 0.25) is 0 Å². The average Bonchev–Trinajstić information content (AvgIpc) is 2.72. The number of amides is 1. The first-order valence-corrected chi connectivity index (χ1v) is 4.74. The zero-order chi connectivity index (χ0) is 9.97. The first kappa shape index (κ1) is 9.21. The van der Waals surface area contributed by atoms with Gasteiger partial charge >= 0.3 is 0 Å². The van der Waals surface area contributed by atoms with Crippen LogP contribution in [-0.2, 0) is 11.3 Å². The summed E-state index contributed by atoms with van der Waals surface area (Å²) in [5, 5.41) is 12.9. The van der Waals surface area contributed by atoms with Crippen LogP contribution in [0.1, 0.15) is 17.7 Å². The molecule has 0 spiro atoms. The zero-order valence-electron chi connectivity index (χ0n) is 8.13. The predicted octanol–water partition coefficient (Wildman–Crippen LogP) is -0.304. The van der Waals surface area contributed by atoms with E-state index in [1.807, 2.05) is 13.1 Å². The SMILES string of the molecule is Cc1[nH]ncc1CNC1CNC(=O)C1. The third kappa shape index (κ3) is 1.93. The second-order valence-corrected chi connectivity index (χ2v) is 3.61. The van der Waals surface area contributed by atoms with Crippen LogP contribution in [0, 0.1) is 6.92 Å². The minimum Gasteiger partial charge on any atom is -0.354 e. The Balaban J connectivity index is 1.83. The van der Waals surface area contributed by atoms with E-state index in [1.54, 1.807) is 0 Å². The Morgan fingerprint density at radius 1 is 1.71 bits per heavy atom. The normalized spacial score (nSPS) is 21.2. The van der Waals surface area contributed by atoms with Gasteiger partial charge in [0.25, 0.3) is 0 Å². The smallest absolute Gasteiger partial charge is 0.221 e. The third-order valence-electron chi connectivity index (χ3n) is 2.49. The summed E-state index contributed by atoms with van der Waals surface area (Å²) in [5.41, 5.74) is 2.24. The highest BCUT2D eigenvalue weighted by Crippen LogP contribution is 2.04. The van der Waals surface area contributed by atoms with Crippen molar-refractivity contribution in [3.05, 3.63) is 17.5 Å².